The first-order valence-electron chi connectivity index (χ1n) is 6.45. The van der Waals surface area contributed by atoms with E-state index in [1.165, 1.54) is 23.3 Å². The summed E-state index contributed by atoms with van der Waals surface area (Å²) in [6.45, 7) is 0.780. The summed E-state index contributed by atoms with van der Waals surface area (Å²) in [6, 6.07) is 1.70. The van der Waals surface area contributed by atoms with Gasteiger partial charge in [0.2, 0.25) is 0 Å². The van der Waals surface area contributed by atoms with Crippen LogP contribution in [0.1, 0.15) is 9.67 Å². The molecule has 2 rings (SSSR count). The summed E-state index contributed by atoms with van der Waals surface area (Å²) in [4.78, 5) is 15.4. The van der Waals surface area contributed by atoms with E-state index in [0.717, 1.165) is 5.00 Å². The van der Waals surface area contributed by atoms with Crippen molar-refractivity contribution in [1.29, 1.82) is 0 Å². The quantitative estimate of drug-likeness (QED) is 0.882. The maximum atomic E-state index is 12.3. The number of carbonyl (C=O) groups excluding carboxylic acids is 1. The Labute approximate surface area is 124 Å². The summed E-state index contributed by atoms with van der Waals surface area (Å²) in [5.41, 5.74) is 6.19. The molecule has 1 amide bonds. The monoisotopic (exact) mass is 322 g/mol. The predicted octanol–water partition coefficient (Wildman–Crippen LogP) is 1.37. The molecule has 1 saturated heterocycles. The molecule has 0 spiro atoms. The second-order valence-electron chi connectivity index (χ2n) is 4.83. The molecular weight excluding hydrogens is 305 g/mol. The minimum atomic E-state index is -4.16. The van der Waals surface area contributed by atoms with Gasteiger partial charge in [0.15, 0.2) is 0 Å². The van der Waals surface area contributed by atoms with Crippen LogP contribution in [-0.2, 0) is 0 Å². The number of nitrogens with one attached hydrogen (secondary N) is 1. The van der Waals surface area contributed by atoms with Crippen molar-refractivity contribution in [3.05, 3.63) is 10.9 Å². The van der Waals surface area contributed by atoms with Crippen LogP contribution in [0.2, 0.25) is 0 Å². The lowest BCUT2D eigenvalue weighted by atomic mass is 10.3. The highest BCUT2D eigenvalue weighted by Gasteiger charge is 2.32. The second-order valence-corrected chi connectivity index (χ2v) is 5.86. The Morgan fingerprint density at radius 3 is 2.52 bits per heavy atom. The second kappa shape index (κ2) is 6.10. The van der Waals surface area contributed by atoms with Crippen LogP contribution in [0.15, 0.2) is 6.07 Å². The number of amides is 1. The molecule has 118 valence electrons. The molecule has 0 saturated carbocycles. The van der Waals surface area contributed by atoms with Gasteiger partial charge in [-0.1, -0.05) is 0 Å². The van der Waals surface area contributed by atoms with Gasteiger partial charge in [-0.2, -0.15) is 13.2 Å². The first-order valence-corrected chi connectivity index (χ1v) is 7.27. The lowest BCUT2D eigenvalue weighted by Crippen LogP contribution is -2.49. The number of nitrogen functional groups attached to an aromatic ring is 1. The number of hydrogen-bond acceptors (Lipinski definition) is 5. The third-order valence-electron chi connectivity index (χ3n) is 3.27. The zero-order valence-electron chi connectivity index (χ0n) is 11.5. The van der Waals surface area contributed by atoms with Gasteiger partial charge in [-0.25, -0.2) is 0 Å². The molecule has 1 aliphatic heterocycles. The van der Waals surface area contributed by atoms with Gasteiger partial charge in [0.25, 0.3) is 5.91 Å². The number of nitrogens with zero attached hydrogens (tertiary/aromatic N) is 2. The third kappa shape index (κ3) is 4.01. The number of piperazine rings is 1. The van der Waals surface area contributed by atoms with Crippen LogP contribution >= 0.6 is 11.3 Å². The van der Waals surface area contributed by atoms with Crippen LogP contribution in [0.25, 0.3) is 0 Å². The van der Waals surface area contributed by atoms with Gasteiger partial charge in [0.05, 0.1) is 17.2 Å². The van der Waals surface area contributed by atoms with E-state index >= 15 is 0 Å². The van der Waals surface area contributed by atoms with Crippen molar-refractivity contribution in [2.45, 2.75) is 6.18 Å². The maximum absolute atomic E-state index is 12.3. The first kappa shape index (κ1) is 15.9. The molecule has 9 heteroatoms. The number of anilines is 2. The van der Waals surface area contributed by atoms with E-state index in [-0.39, 0.29) is 5.91 Å². The molecule has 0 radical (unpaired) electrons. The Balaban J connectivity index is 1.98. The average Bonchev–Trinajstić information content (AvgIpc) is 2.79. The Hall–Kier alpha value is -1.48. The van der Waals surface area contributed by atoms with Crippen molar-refractivity contribution >= 4 is 27.9 Å². The number of nitrogens with two attached hydrogens (primary N) is 1. The molecular formula is C12H17F3N4OS. The number of alkyl halides is 3. The Bertz CT molecular complexity index is 509. The lowest BCUT2D eigenvalue weighted by molar-refractivity contribution is -0.146. The highest BCUT2D eigenvalue weighted by Crippen LogP contribution is 2.32. The first-order chi connectivity index (χ1) is 9.80. The number of hydrogen-bond donors (Lipinski definition) is 2. The highest BCUT2D eigenvalue weighted by atomic mass is 32.1. The number of rotatable bonds is 3. The molecule has 21 heavy (non-hydrogen) atoms. The SMILES string of the molecule is CNC(=O)c1sc(N2CCN(CC(F)(F)F)CC2)cc1N. The standard InChI is InChI=1S/C12H17F3N4OS/c1-17-11(20)10-8(16)6-9(21-10)19-4-2-18(3-5-19)7-12(13,14)15/h6H,2-5,7,16H2,1H3,(H,17,20). The molecule has 0 unspecified atom stereocenters. The van der Waals surface area contributed by atoms with Crippen LogP contribution in [-0.4, -0.2) is 56.8 Å². The number of thiophene rings is 1. The van der Waals surface area contributed by atoms with E-state index < -0.39 is 12.7 Å². The summed E-state index contributed by atoms with van der Waals surface area (Å²) >= 11 is 1.26. The van der Waals surface area contributed by atoms with Crippen molar-refractivity contribution < 1.29 is 18.0 Å². The van der Waals surface area contributed by atoms with Crippen LogP contribution in [0.3, 0.4) is 0 Å². The van der Waals surface area contributed by atoms with Crippen LogP contribution in [0.4, 0.5) is 23.9 Å². The predicted molar refractivity (Wildman–Crippen MR) is 76.8 cm³/mol. The van der Waals surface area contributed by atoms with Crippen molar-refractivity contribution in [2.24, 2.45) is 0 Å². The fourth-order valence-electron chi connectivity index (χ4n) is 2.22. The van der Waals surface area contributed by atoms with Crippen molar-refractivity contribution in [2.75, 3.05) is 50.4 Å². The third-order valence-corrected chi connectivity index (χ3v) is 4.48. The summed E-state index contributed by atoms with van der Waals surface area (Å²) in [5.74, 6) is -0.251. The fraction of sp³-hybridized carbons (Fsp3) is 0.583. The molecule has 1 aromatic rings. The van der Waals surface area contributed by atoms with E-state index in [1.807, 2.05) is 4.90 Å². The topological polar surface area (TPSA) is 61.6 Å². The van der Waals surface area contributed by atoms with Crippen LogP contribution in [0, 0.1) is 0 Å². The van der Waals surface area contributed by atoms with Crippen molar-refractivity contribution in [1.82, 2.24) is 10.2 Å². The molecule has 0 aliphatic carbocycles. The Morgan fingerprint density at radius 1 is 1.38 bits per heavy atom. The summed E-state index contributed by atoms with van der Waals surface area (Å²) in [6.07, 6.45) is -4.16. The van der Waals surface area contributed by atoms with Crippen LogP contribution in [0.5, 0.6) is 0 Å². The maximum Gasteiger partial charge on any atom is 0.401 e. The van der Waals surface area contributed by atoms with Gasteiger partial charge in [0, 0.05) is 33.2 Å². The Kier molecular flexibility index (Phi) is 4.62. The largest absolute Gasteiger partial charge is 0.401 e. The minimum absolute atomic E-state index is 0.251. The molecule has 1 aromatic heterocycles. The van der Waals surface area contributed by atoms with Crippen molar-refractivity contribution in [3.63, 3.8) is 0 Å². The summed E-state index contributed by atoms with van der Waals surface area (Å²) in [5, 5.41) is 3.33. The molecule has 0 bridgehead atoms. The molecule has 1 fully saturated rings. The molecule has 0 aromatic carbocycles. The van der Waals surface area contributed by atoms with Gasteiger partial charge in [-0.3, -0.25) is 9.69 Å². The van der Waals surface area contributed by atoms with Crippen molar-refractivity contribution in [3.8, 4) is 0 Å². The Morgan fingerprint density at radius 2 is 2.00 bits per heavy atom. The fourth-order valence-corrected chi connectivity index (χ4v) is 3.30. The van der Waals surface area contributed by atoms with E-state index in [1.54, 1.807) is 6.07 Å². The molecule has 3 N–H and O–H groups in total. The molecule has 1 aliphatic rings. The van der Waals surface area contributed by atoms with Gasteiger partial charge in [0.1, 0.15) is 4.88 Å². The smallest absolute Gasteiger partial charge is 0.397 e. The van der Waals surface area contributed by atoms with Gasteiger partial charge >= 0.3 is 6.18 Å². The molecule has 0 atom stereocenters. The zero-order valence-corrected chi connectivity index (χ0v) is 12.4. The number of halogens is 3. The zero-order chi connectivity index (χ0) is 15.6. The van der Waals surface area contributed by atoms with Gasteiger partial charge in [-0.05, 0) is 6.07 Å². The normalized spacial score (nSPS) is 17.0. The van der Waals surface area contributed by atoms with E-state index in [0.29, 0.717) is 36.7 Å². The highest BCUT2D eigenvalue weighted by molar-refractivity contribution is 7.18. The molecule has 5 nitrogen and oxygen atoms in total. The summed E-state index contributed by atoms with van der Waals surface area (Å²) in [7, 11) is 1.52. The van der Waals surface area contributed by atoms with Crippen LogP contribution < -0.4 is 16.0 Å². The van der Waals surface area contributed by atoms with Gasteiger partial charge < -0.3 is 16.0 Å². The summed E-state index contributed by atoms with van der Waals surface area (Å²) < 4.78 is 37.0. The van der Waals surface area contributed by atoms with E-state index in [9.17, 15) is 18.0 Å². The number of carbonyl (C=O) groups is 1. The van der Waals surface area contributed by atoms with E-state index in [4.69, 9.17) is 5.73 Å². The minimum Gasteiger partial charge on any atom is -0.397 e. The average molecular weight is 322 g/mol. The molecule has 2 heterocycles. The van der Waals surface area contributed by atoms with E-state index in [2.05, 4.69) is 5.32 Å². The van der Waals surface area contributed by atoms with Gasteiger partial charge in [-0.15, -0.1) is 11.3 Å². The lowest BCUT2D eigenvalue weighted by Gasteiger charge is -2.35.